The first kappa shape index (κ1) is 15.1. The van der Waals surface area contributed by atoms with Crippen LogP contribution in [-0.4, -0.2) is 47.8 Å². The van der Waals surface area contributed by atoms with Crippen LogP contribution in [0.4, 0.5) is 4.79 Å². The number of carbonyl (C=O) groups is 2. The van der Waals surface area contributed by atoms with Crippen LogP contribution in [0, 0.1) is 5.92 Å². The maximum atomic E-state index is 11.7. The van der Waals surface area contributed by atoms with E-state index in [1.54, 1.807) is 20.8 Å². The van der Waals surface area contributed by atoms with Gasteiger partial charge in [-0.25, -0.2) is 9.59 Å². The van der Waals surface area contributed by atoms with Gasteiger partial charge in [0.2, 0.25) is 0 Å². The first-order valence-electron chi connectivity index (χ1n) is 6.71. The van der Waals surface area contributed by atoms with E-state index in [9.17, 15) is 14.7 Å². The molecule has 2 fully saturated rings. The summed E-state index contributed by atoms with van der Waals surface area (Å²) >= 11 is 0. The van der Waals surface area contributed by atoms with Gasteiger partial charge in [0, 0.05) is 18.8 Å². The minimum absolute atomic E-state index is 0.210. The number of carboxylic acid groups (broad SMARTS) is 1. The summed E-state index contributed by atoms with van der Waals surface area (Å²) in [5.74, 6) is -1.92. The van der Waals surface area contributed by atoms with Crippen molar-refractivity contribution in [3.05, 3.63) is 0 Å². The smallest absolute Gasteiger partial charge is 0.408 e. The first-order valence-corrected chi connectivity index (χ1v) is 6.71. The van der Waals surface area contributed by atoms with E-state index in [0.717, 1.165) is 0 Å². The van der Waals surface area contributed by atoms with Gasteiger partial charge in [-0.05, 0) is 20.8 Å². The molecule has 7 heteroatoms. The van der Waals surface area contributed by atoms with Crippen LogP contribution in [0.2, 0.25) is 0 Å². The maximum absolute atomic E-state index is 11.7. The van der Waals surface area contributed by atoms with Gasteiger partial charge in [0.1, 0.15) is 11.6 Å². The van der Waals surface area contributed by atoms with Gasteiger partial charge in [-0.3, -0.25) is 0 Å². The third-order valence-corrected chi connectivity index (χ3v) is 3.37. The molecule has 7 nitrogen and oxygen atoms in total. The molecule has 1 aliphatic heterocycles. The molecule has 1 heterocycles. The molecule has 1 amide bonds. The zero-order chi connectivity index (χ0) is 15.0. The number of hydrogen-bond donors (Lipinski definition) is 2. The number of aliphatic carboxylic acids is 1. The Bertz CT molecular complexity index is 388. The lowest BCUT2D eigenvalue weighted by Gasteiger charge is -2.45. The van der Waals surface area contributed by atoms with Gasteiger partial charge in [0.05, 0.1) is 13.2 Å². The summed E-state index contributed by atoms with van der Waals surface area (Å²) in [7, 11) is 0. The summed E-state index contributed by atoms with van der Waals surface area (Å²) in [6.07, 6.45) is 0.221. The Labute approximate surface area is 117 Å². The number of amides is 1. The van der Waals surface area contributed by atoms with Crippen LogP contribution in [0.3, 0.4) is 0 Å². The molecule has 0 bridgehead atoms. The minimum Gasteiger partial charge on any atom is -0.480 e. The summed E-state index contributed by atoms with van der Waals surface area (Å²) in [5.41, 5.74) is -0.661. The van der Waals surface area contributed by atoms with E-state index in [2.05, 4.69) is 5.32 Å². The molecule has 1 saturated carbocycles. The average Bonchev–Trinajstić information content (AvgIpc) is 2.70. The van der Waals surface area contributed by atoms with Crippen LogP contribution in [0.15, 0.2) is 0 Å². The van der Waals surface area contributed by atoms with E-state index in [-0.39, 0.29) is 5.92 Å². The van der Waals surface area contributed by atoms with Crippen molar-refractivity contribution in [3.8, 4) is 0 Å². The van der Waals surface area contributed by atoms with Crippen molar-refractivity contribution < 1.29 is 28.9 Å². The second kappa shape index (κ2) is 5.21. The minimum atomic E-state index is -1.08. The summed E-state index contributed by atoms with van der Waals surface area (Å²) < 4.78 is 16.0. The van der Waals surface area contributed by atoms with Gasteiger partial charge in [0.25, 0.3) is 0 Å². The molecule has 2 rings (SSSR count). The first-order chi connectivity index (χ1) is 9.21. The molecule has 20 heavy (non-hydrogen) atoms. The largest absolute Gasteiger partial charge is 0.480 e. The van der Waals surface area contributed by atoms with Crippen molar-refractivity contribution in [1.82, 2.24) is 5.32 Å². The van der Waals surface area contributed by atoms with Crippen molar-refractivity contribution in [2.75, 3.05) is 13.2 Å². The Morgan fingerprint density at radius 2 is 1.85 bits per heavy atom. The monoisotopic (exact) mass is 287 g/mol. The van der Waals surface area contributed by atoms with E-state index in [1.807, 2.05) is 0 Å². The van der Waals surface area contributed by atoms with E-state index in [1.165, 1.54) is 0 Å². The van der Waals surface area contributed by atoms with Crippen LogP contribution >= 0.6 is 0 Å². The zero-order valence-corrected chi connectivity index (χ0v) is 12.0. The number of nitrogens with one attached hydrogen (secondary N) is 1. The van der Waals surface area contributed by atoms with E-state index in [4.69, 9.17) is 14.2 Å². The fraction of sp³-hybridized carbons (Fsp3) is 0.846. The van der Waals surface area contributed by atoms with Crippen LogP contribution in [0.25, 0.3) is 0 Å². The summed E-state index contributed by atoms with van der Waals surface area (Å²) in [4.78, 5) is 23.0. The van der Waals surface area contributed by atoms with Crippen molar-refractivity contribution in [2.24, 2.45) is 5.92 Å². The lowest BCUT2D eigenvalue weighted by molar-refractivity contribution is -0.235. The quantitative estimate of drug-likeness (QED) is 0.807. The summed E-state index contributed by atoms with van der Waals surface area (Å²) in [5, 5.41) is 11.6. The van der Waals surface area contributed by atoms with Crippen LogP contribution < -0.4 is 5.32 Å². The second-order valence-electron chi connectivity index (χ2n) is 6.24. The fourth-order valence-electron chi connectivity index (χ4n) is 2.52. The number of carbonyl (C=O) groups excluding carboxylic acids is 1. The normalized spacial score (nSPS) is 23.1. The molecule has 1 saturated heterocycles. The molecule has 0 radical (unpaired) electrons. The molecule has 0 aromatic rings. The molecule has 0 unspecified atom stereocenters. The number of carboxylic acids is 1. The zero-order valence-electron chi connectivity index (χ0n) is 12.0. The molecule has 0 aromatic carbocycles. The van der Waals surface area contributed by atoms with Gasteiger partial charge in [-0.1, -0.05) is 0 Å². The van der Waals surface area contributed by atoms with Gasteiger partial charge in [-0.2, -0.15) is 0 Å². The van der Waals surface area contributed by atoms with E-state index >= 15 is 0 Å². The van der Waals surface area contributed by atoms with Crippen molar-refractivity contribution >= 4 is 12.1 Å². The third kappa shape index (κ3) is 3.40. The number of rotatable bonds is 3. The molecule has 2 aliphatic rings. The van der Waals surface area contributed by atoms with Crippen molar-refractivity contribution in [3.63, 3.8) is 0 Å². The highest BCUT2D eigenvalue weighted by Gasteiger charge is 2.53. The molecular weight excluding hydrogens is 266 g/mol. The predicted molar refractivity (Wildman–Crippen MR) is 68.2 cm³/mol. The SMILES string of the molecule is CC(C)(C)OC(=O)N[C@H](C(=O)O)C1CC2(C1)OCCO2. The predicted octanol–water partition coefficient (Wildman–Crippen LogP) is 1.12. The highest BCUT2D eigenvalue weighted by Crippen LogP contribution is 2.45. The Morgan fingerprint density at radius 1 is 1.30 bits per heavy atom. The Morgan fingerprint density at radius 3 is 2.30 bits per heavy atom. The lowest BCUT2D eigenvalue weighted by Crippen LogP contribution is -2.57. The molecule has 1 aliphatic carbocycles. The van der Waals surface area contributed by atoms with Gasteiger partial charge in [-0.15, -0.1) is 0 Å². The Kier molecular flexibility index (Phi) is 3.93. The van der Waals surface area contributed by atoms with Crippen molar-refractivity contribution in [1.29, 1.82) is 0 Å². The molecule has 114 valence electrons. The molecule has 1 atom stereocenters. The second-order valence-corrected chi connectivity index (χ2v) is 6.24. The summed E-state index contributed by atoms with van der Waals surface area (Å²) in [6.45, 7) is 6.23. The highest BCUT2D eigenvalue weighted by molar-refractivity contribution is 5.80. The lowest BCUT2D eigenvalue weighted by atomic mass is 9.74. The van der Waals surface area contributed by atoms with E-state index < -0.39 is 29.5 Å². The summed E-state index contributed by atoms with van der Waals surface area (Å²) in [6, 6.07) is -0.983. The molecule has 0 aromatic heterocycles. The molecule has 2 N–H and O–H groups in total. The van der Waals surface area contributed by atoms with E-state index in [0.29, 0.717) is 26.1 Å². The van der Waals surface area contributed by atoms with Crippen LogP contribution in [0.5, 0.6) is 0 Å². The average molecular weight is 287 g/mol. The third-order valence-electron chi connectivity index (χ3n) is 3.37. The Balaban J connectivity index is 1.89. The fourth-order valence-corrected chi connectivity index (χ4v) is 2.52. The number of hydrogen-bond acceptors (Lipinski definition) is 5. The van der Waals surface area contributed by atoms with Gasteiger partial charge < -0.3 is 24.6 Å². The topological polar surface area (TPSA) is 94.1 Å². The molecular formula is C13H21NO6. The van der Waals surface area contributed by atoms with Gasteiger partial charge >= 0.3 is 12.1 Å². The maximum Gasteiger partial charge on any atom is 0.408 e. The van der Waals surface area contributed by atoms with Crippen molar-refractivity contribution in [2.45, 2.75) is 51.0 Å². The number of ether oxygens (including phenoxy) is 3. The standard InChI is InChI=1S/C13H21NO6/c1-12(2,3)20-11(17)14-9(10(15)16)8-6-13(7-8)18-4-5-19-13/h8-9H,4-7H2,1-3H3,(H,14,17)(H,15,16)/t9-/m0/s1. The highest BCUT2D eigenvalue weighted by atomic mass is 16.7. The van der Waals surface area contributed by atoms with Crippen LogP contribution in [0.1, 0.15) is 33.6 Å². The molecule has 1 spiro atoms. The van der Waals surface area contributed by atoms with Crippen LogP contribution in [-0.2, 0) is 19.0 Å². The number of alkyl carbamates (subject to hydrolysis) is 1. The Hall–Kier alpha value is -1.34. The van der Waals surface area contributed by atoms with Gasteiger partial charge in [0.15, 0.2) is 5.79 Å².